The van der Waals surface area contributed by atoms with Gasteiger partial charge in [-0.25, -0.2) is 10.4 Å². The van der Waals surface area contributed by atoms with Gasteiger partial charge in [0.05, 0.1) is 22.7 Å². The molecule has 4 rings (SSSR count). The van der Waals surface area contributed by atoms with E-state index in [1.807, 2.05) is 30.3 Å². The average Bonchev–Trinajstić information content (AvgIpc) is 3.35. The van der Waals surface area contributed by atoms with Crippen molar-refractivity contribution in [1.29, 1.82) is 0 Å². The predicted octanol–water partition coefficient (Wildman–Crippen LogP) is 4.40. The fourth-order valence-corrected chi connectivity index (χ4v) is 4.03. The summed E-state index contributed by atoms with van der Waals surface area (Å²) in [7, 11) is 0. The van der Waals surface area contributed by atoms with E-state index in [2.05, 4.69) is 15.5 Å². The zero-order valence-corrected chi connectivity index (χ0v) is 14.3. The SMILES string of the molecule is O=C(N/N=C\c1ccc(Sc2nc3ccccc3s2)o1)c1ccco1. The van der Waals surface area contributed by atoms with Crippen LogP contribution in [0.15, 0.2) is 78.2 Å². The maximum atomic E-state index is 11.7. The van der Waals surface area contributed by atoms with E-state index in [-0.39, 0.29) is 5.76 Å². The third-order valence-electron chi connectivity index (χ3n) is 3.17. The summed E-state index contributed by atoms with van der Waals surface area (Å²) in [5.74, 6) is 0.309. The topological polar surface area (TPSA) is 80.6 Å². The maximum absolute atomic E-state index is 11.7. The smallest absolute Gasteiger partial charge is 0.307 e. The van der Waals surface area contributed by atoms with Gasteiger partial charge in [0.2, 0.25) is 0 Å². The molecule has 0 aliphatic rings. The van der Waals surface area contributed by atoms with Crippen LogP contribution in [0, 0.1) is 0 Å². The number of benzene rings is 1. The number of hydrazone groups is 1. The molecule has 0 spiro atoms. The van der Waals surface area contributed by atoms with Crippen LogP contribution in [0.5, 0.6) is 0 Å². The molecule has 0 atom stereocenters. The number of para-hydroxylation sites is 1. The minimum Gasteiger partial charge on any atom is -0.459 e. The Labute approximate surface area is 150 Å². The summed E-state index contributed by atoms with van der Waals surface area (Å²) >= 11 is 3.06. The van der Waals surface area contributed by atoms with Gasteiger partial charge in [-0.3, -0.25) is 4.79 Å². The molecular formula is C17H11N3O3S2. The molecule has 25 heavy (non-hydrogen) atoms. The number of hydrogen-bond donors (Lipinski definition) is 1. The number of aromatic nitrogens is 1. The monoisotopic (exact) mass is 369 g/mol. The van der Waals surface area contributed by atoms with Crippen molar-refractivity contribution in [2.45, 2.75) is 9.43 Å². The Hall–Kier alpha value is -2.84. The first kappa shape index (κ1) is 15.7. The molecule has 0 fully saturated rings. The van der Waals surface area contributed by atoms with Crippen LogP contribution in [-0.4, -0.2) is 17.1 Å². The summed E-state index contributed by atoms with van der Waals surface area (Å²) in [6.45, 7) is 0. The summed E-state index contributed by atoms with van der Waals surface area (Å²) in [5.41, 5.74) is 3.35. The summed E-state index contributed by atoms with van der Waals surface area (Å²) < 4.78 is 12.7. The van der Waals surface area contributed by atoms with E-state index in [4.69, 9.17) is 8.83 Å². The number of hydrogen-bond acceptors (Lipinski definition) is 7. The predicted molar refractivity (Wildman–Crippen MR) is 96.2 cm³/mol. The Balaban J connectivity index is 1.40. The highest BCUT2D eigenvalue weighted by molar-refractivity contribution is 8.01. The number of carbonyl (C=O) groups is 1. The lowest BCUT2D eigenvalue weighted by Crippen LogP contribution is -2.16. The highest BCUT2D eigenvalue weighted by Gasteiger charge is 2.09. The van der Waals surface area contributed by atoms with Crippen LogP contribution in [0.4, 0.5) is 0 Å². The van der Waals surface area contributed by atoms with Crippen molar-refractivity contribution in [3.63, 3.8) is 0 Å². The van der Waals surface area contributed by atoms with Crippen LogP contribution in [-0.2, 0) is 0 Å². The fourth-order valence-electron chi connectivity index (χ4n) is 2.06. The number of furan rings is 2. The van der Waals surface area contributed by atoms with E-state index in [1.165, 1.54) is 24.2 Å². The van der Waals surface area contributed by atoms with Gasteiger partial charge in [-0.2, -0.15) is 5.10 Å². The first-order valence-corrected chi connectivity index (χ1v) is 8.91. The molecule has 3 aromatic heterocycles. The molecule has 0 bridgehead atoms. The van der Waals surface area contributed by atoms with Gasteiger partial charge in [-0.15, -0.1) is 11.3 Å². The van der Waals surface area contributed by atoms with Crippen molar-refractivity contribution in [2.24, 2.45) is 5.10 Å². The molecule has 0 saturated carbocycles. The highest BCUT2D eigenvalue weighted by atomic mass is 32.2. The van der Waals surface area contributed by atoms with Gasteiger partial charge in [0.25, 0.3) is 0 Å². The van der Waals surface area contributed by atoms with E-state index in [9.17, 15) is 4.79 Å². The van der Waals surface area contributed by atoms with E-state index in [1.54, 1.807) is 29.5 Å². The maximum Gasteiger partial charge on any atom is 0.307 e. The molecule has 124 valence electrons. The van der Waals surface area contributed by atoms with Gasteiger partial charge in [0, 0.05) is 0 Å². The second-order valence-corrected chi connectivity index (χ2v) is 7.17. The Morgan fingerprint density at radius 2 is 2.12 bits per heavy atom. The second kappa shape index (κ2) is 6.96. The third kappa shape index (κ3) is 3.65. The molecule has 4 aromatic rings. The van der Waals surface area contributed by atoms with E-state index in [0.717, 1.165) is 14.6 Å². The zero-order chi connectivity index (χ0) is 17.1. The largest absolute Gasteiger partial charge is 0.459 e. The molecule has 3 heterocycles. The Morgan fingerprint density at radius 1 is 1.20 bits per heavy atom. The quantitative estimate of drug-likeness (QED) is 0.417. The molecule has 0 radical (unpaired) electrons. The van der Waals surface area contributed by atoms with E-state index < -0.39 is 5.91 Å². The molecule has 1 N–H and O–H groups in total. The average molecular weight is 369 g/mol. The summed E-state index contributed by atoms with van der Waals surface area (Å²) in [6.07, 6.45) is 2.86. The molecule has 0 unspecified atom stereocenters. The third-order valence-corrected chi connectivity index (χ3v) is 5.18. The van der Waals surface area contributed by atoms with E-state index in [0.29, 0.717) is 10.9 Å². The number of carbonyl (C=O) groups excluding carboxylic acids is 1. The van der Waals surface area contributed by atoms with Crippen molar-refractivity contribution in [1.82, 2.24) is 10.4 Å². The first-order valence-electron chi connectivity index (χ1n) is 7.28. The lowest BCUT2D eigenvalue weighted by atomic mass is 10.3. The Kier molecular flexibility index (Phi) is 4.36. The molecule has 8 heteroatoms. The minimum absolute atomic E-state index is 0.198. The molecular weight excluding hydrogens is 358 g/mol. The van der Waals surface area contributed by atoms with E-state index >= 15 is 0 Å². The zero-order valence-electron chi connectivity index (χ0n) is 12.7. The van der Waals surface area contributed by atoms with Crippen LogP contribution in [0.25, 0.3) is 10.2 Å². The molecule has 0 saturated heterocycles. The number of nitrogens with zero attached hydrogens (tertiary/aromatic N) is 2. The Morgan fingerprint density at radius 3 is 2.96 bits per heavy atom. The van der Waals surface area contributed by atoms with Crippen LogP contribution in [0.2, 0.25) is 0 Å². The number of rotatable bonds is 5. The minimum atomic E-state index is -0.420. The first-order chi connectivity index (χ1) is 12.3. The van der Waals surface area contributed by atoms with Crippen LogP contribution in [0.1, 0.15) is 16.3 Å². The molecule has 1 aromatic carbocycles. The highest BCUT2D eigenvalue weighted by Crippen LogP contribution is 2.34. The van der Waals surface area contributed by atoms with Crippen molar-refractivity contribution < 1.29 is 13.6 Å². The van der Waals surface area contributed by atoms with Gasteiger partial charge in [0.1, 0.15) is 5.76 Å². The number of amides is 1. The van der Waals surface area contributed by atoms with Crippen molar-refractivity contribution in [3.8, 4) is 0 Å². The number of fused-ring (bicyclic) bond motifs is 1. The van der Waals surface area contributed by atoms with Crippen molar-refractivity contribution in [2.75, 3.05) is 0 Å². The van der Waals surface area contributed by atoms with Gasteiger partial charge >= 0.3 is 5.91 Å². The summed E-state index contributed by atoms with van der Waals surface area (Å²) in [4.78, 5) is 16.2. The summed E-state index contributed by atoms with van der Waals surface area (Å²) in [5, 5.41) is 4.56. The van der Waals surface area contributed by atoms with Gasteiger partial charge < -0.3 is 8.83 Å². The van der Waals surface area contributed by atoms with Gasteiger partial charge in [-0.05, 0) is 48.2 Å². The number of thiazole rings is 1. The number of nitrogens with one attached hydrogen (secondary N) is 1. The standard InChI is InChI=1S/C17H11N3O3S2/c21-16(13-5-3-9-22-13)20-18-10-11-7-8-15(23-11)25-17-19-12-4-1-2-6-14(12)24-17/h1-10H,(H,20,21)/b18-10-. The molecule has 6 nitrogen and oxygen atoms in total. The van der Waals surface area contributed by atoms with Crippen LogP contribution in [0.3, 0.4) is 0 Å². The lowest BCUT2D eigenvalue weighted by Gasteiger charge is -1.94. The normalized spacial score (nSPS) is 11.4. The lowest BCUT2D eigenvalue weighted by molar-refractivity contribution is 0.0927. The Bertz CT molecular complexity index is 1000. The second-order valence-electron chi connectivity index (χ2n) is 4.88. The van der Waals surface area contributed by atoms with Crippen molar-refractivity contribution >= 4 is 45.4 Å². The molecule has 1 amide bonds. The van der Waals surface area contributed by atoms with Gasteiger partial charge in [-0.1, -0.05) is 12.1 Å². The summed E-state index contributed by atoms with van der Waals surface area (Å²) in [6, 6.07) is 14.8. The van der Waals surface area contributed by atoms with Crippen LogP contribution >= 0.6 is 23.1 Å². The fraction of sp³-hybridized carbons (Fsp3) is 0. The van der Waals surface area contributed by atoms with Gasteiger partial charge in [0.15, 0.2) is 15.2 Å². The molecule has 0 aliphatic carbocycles. The molecule has 0 aliphatic heterocycles. The van der Waals surface area contributed by atoms with Crippen LogP contribution < -0.4 is 5.43 Å². The van der Waals surface area contributed by atoms with Crippen molar-refractivity contribution in [3.05, 3.63) is 66.3 Å².